The fourth-order valence-electron chi connectivity index (χ4n) is 3.17. The van der Waals surface area contributed by atoms with Crippen LogP contribution in [0.2, 0.25) is 0 Å². The first-order valence-corrected chi connectivity index (χ1v) is 10.5. The Morgan fingerprint density at radius 2 is 1.81 bits per heavy atom. The summed E-state index contributed by atoms with van der Waals surface area (Å²) in [5, 5.41) is 2.86. The molecule has 1 aliphatic rings. The first-order valence-electron chi connectivity index (χ1n) is 8.93. The third-order valence-corrected chi connectivity index (χ3v) is 6.55. The van der Waals surface area contributed by atoms with E-state index in [-0.39, 0.29) is 24.1 Å². The van der Waals surface area contributed by atoms with E-state index in [1.165, 1.54) is 28.6 Å². The molecule has 1 aliphatic heterocycles. The fourth-order valence-corrected chi connectivity index (χ4v) is 4.78. The van der Waals surface area contributed by atoms with Crippen molar-refractivity contribution in [3.63, 3.8) is 0 Å². The average Bonchev–Trinajstić information content (AvgIpc) is 2.65. The van der Waals surface area contributed by atoms with Crippen molar-refractivity contribution >= 4 is 21.6 Å². The molecule has 2 aromatic carbocycles. The van der Waals surface area contributed by atoms with Gasteiger partial charge in [-0.1, -0.05) is 29.8 Å². The summed E-state index contributed by atoms with van der Waals surface area (Å²) in [6.07, 6.45) is 1.29. The minimum Gasteiger partial charge on any atom is -0.326 e. The summed E-state index contributed by atoms with van der Waals surface area (Å²) in [5.74, 6) is -1.15. The molecule has 0 spiro atoms. The number of carbonyl (C=O) groups excluding carboxylic acids is 1. The van der Waals surface area contributed by atoms with Gasteiger partial charge in [0.2, 0.25) is 15.9 Å². The Morgan fingerprint density at radius 1 is 1.15 bits per heavy atom. The number of halogens is 1. The first-order chi connectivity index (χ1) is 12.8. The molecule has 1 N–H and O–H groups in total. The molecule has 0 aromatic heterocycles. The van der Waals surface area contributed by atoms with Crippen LogP contribution in [0.5, 0.6) is 0 Å². The molecule has 7 heteroatoms. The second kappa shape index (κ2) is 8.19. The third-order valence-electron chi connectivity index (χ3n) is 4.73. The number of anilines is 1. The lowest BCUT2D eigenvalue weighted by Crippen LogP contribution is -2.44. The van der Waals surface area contributed by atoms with Gasteiger partial charge < -0.3 is 5.32 Å². The highest BCUT2D eigenvalue weighted by atomic mass is 32.2. The zero-order chi connectivity index (χ0) is 19.4. The largest absolute Gasteiger partial charge is 0.326 e. The van der Waals surface area contributed by atoms with Gasteiger partial charge in [-0.3, -0.25) is 4.79 Å². The molecule has 0 saturated carbocycles. The van der Waals surface area contributed by atoms with Crippen LogP contribution in [0.15, 0.2) is 48.5 Å². The lowest BCUT2D eigenvalue weighted by molar-refractivity contribution is -0.120. The molecule has 1 fully saturated rings. The van der Waals surface area contributed by atoms with Crippen LogP contribution in [0.3, 0.4) is 0 Å². The Labute approximate surface area is 159 Å². The monoisotopic (exact) mass is 390 g/mol. The second-order valence-corrected chi connectivity index (χ2v) is 8.90. The highest BCUT2D eigenvalue weighted by Crippen LogP contribution is 2.23. The SMILES string of the molecule is Cc1ccc(NC(=O)[C@@H]2CCCN(S(=O)(=O)Cc3ccc(F)cc3)C2)cc1. The predicted octanol–water partition coefficient (Wildman–Crippen LogP) is 3.31. The van der Waals surface area contributed by atoms with Gasteiger partial charge in [0.05, 0.1) is 11.7 Å². The van der Waals surface area contributed by atoms with Crippen LogP contribution in [-0.4, -0.2) is 31.7 Å². The smallest absolute Gasteiger partial charge is 0.228 e. The van der Waals surface area contributed by atoms with Crippen molar-refractivity contribution in [2.45, 2.75) is 25.5 Å². The molecule has 144 valence electrons. The van der Waals surface area contributed by atoms with Crippen LogP contribution in [0.25, 0.3) is 0 Å². The van der Waals surface area contributed by atoms with E-state index in [1.54, 1.807) is 0 Å². The van der Waals surface area contributed by atoms with E-state index in [4.69, 9.17) is 0 Å². The van der Waals surface area contributed by atoms with Crippen molar-refractivity contribution in [3.05, 3.63) is 65.5 Å². The Balaban J connectivity index is 1.64. The number of amides is 1. The zero-order valence-electron chi connectivity index (χ0n) is 15.2. The quantitative estimate of drug-likeness (QED) is 0.852. The Hall–Kier alpha value is -2.25. The molecule has 3 rings (SSSR count). The van der Waals surface area contributed by atoms with Crippen molar-refractivity contribution in [2.75, 3.05) is 18.4 Å². The van der Waals surface area contributed by atoms with Crippen LogP contribution in [0.1, 0.15) is 24.0 Å². The summed E-state index contributed by atoms with van der Waals surface area (Å²) in [4.78, 5) is 12.5. The molecule has 27 heavy (non-hydrogen) atoms. The van der Waals surface area contributed by atoms with Crippen molar-refractivity contribution in [3.8, 4) is 0 Å². The number of nitrogens with one attached hydrogen (secondary N) is 1. The van der Waals surface area contributed by atoms with Gasteiger partial charge in [0, 0.05) is 18.8 Å². The number of aryl methyl sites for hydroxylation is 1. The molecule has 0 bridgehead atoms. The van der Waals surface area contributed by atoms with Gasteiger partial charge in [-0.15, -0.1) is 0 Å². The first kappa shape index (κ1) is 19.5. The van der Waals surface area contributed by atoms with Crippen LogP contribution in [-0.2, 0) is 20.6 Å². The number of hydrogen-bond acceptors (Lipinski definition) is 3. The van der Waals surface area contributed by atoms with Crippen LogP contribution < -0.4 is 5.32 Å². The maximum Gasteiger partial charge on any atom is 0.228 e. The van der Waals surface area contributed by atoms with E-state index in [0.29, 0.717) is 30.6 Å². The third kappa shape index (κ3) is 5.14. The van der Waals surface area contributed by atoms with E-state index in [9.17, 15) is 17.6 Å². The molecule has 1 saturated heterocycles. The Bertz CT molecular complexity index is 896. The Kier molecular flexibility index (Phi) is 5.92. The van der Waals surface area contributed by atoms with Gasteiger partial charge >= 0.3 is 0 Å². The highest BCUT2D eigenvalue weighted by Gasteiger charge is 2.32. The van der Waals surface area contributed by atoms with Gasteiger partial charge in [0.25, 0.3) is 0 Å². The minimum absolute atomic E-state index is 0.166. The minimum atomic E-state index is -3.56. The Morgan fingerprint density at radius 3 is 2.48 bits per heavy atom. The second-order valence-electron chi connectivity index (χ2n) is 6.94. The van der Waals surface area contributed by atoms with Crippen molar-refractivity contribution in [1.82, 2.24) is 4.31 Å². The number of sulfonamides is 1. The molecule has 1 atom stereocenters. The predicted molar refractivity (Wildman–Crippen MR) is 103 cm³/mol. The summed E-state index contributed by atoms with van der Waals surface area (Å²) >= 11 is 0. The average molecular weight is 390 g/mol. The van der Waals surface area contributed by atoms with Gasteiger partial charge in [0.15, 0.2) is 0 Å². The van der Waals surface area contributed by atoms with Gasteiger partial charge in [0.1, 0.15) is 5.82 Å². The van der Waals surface area contributed by atoms with Crippen LogP contribution in [0.4, 0.5) is 10.1 Å². The lowest BCUT2D eigenvalue weighted by atomic mass is 9.98. The molecule has 1 heterocycles. The molecule has 0 aliphatic carbocycles. The number of rotatable bonds is 5. The molecular weight excluding hydrogens is 367 g/mol. The van der Waals surface area contributed by atoms with E-state index in [1.807, 2.05) is 31.2 Å². The molecule has 0 radical (unpaired) electrons. The highest BCUT2D eigenvalue weighted by molar-refractivity contribution is 7.88. The van der Waals surface area contributed by atoms with Crippen molar-refractivity contribution in [2.24, 2.45) is 5.92 Å². The number of carbonyl (C=O) groups is 1. The normalized spacial score (nSPS) is 18.2. The maximum atomic E-state index is 13.0. The number of benzene rings is 2. The van der Waals surface area contributed by atoms with E-state index < -0.39 is 15.8 Å². The van der Waals surface area contributed by atoms with Crippen molar-refractivity contribution < 1.29 is 17.6 Å². The standard InChI is InChI=1S/C20H23FN2O3S/c1-15-4-10-19(11-5-15)22-20(24)17-3-2-12-23(13-17)27(25,26)14-16-6-8-18(21)9-7-16/h4-11,17H,2-3,12-14H2,1H3,(H,22,24)/t17-/m1/s1. The van der Waals surface area contributed by atoms with Gasteiger partial charge in [-0.05, 0) is 49.6 Å². The zero-order valence-corrected chi connectivity index (χ0v) is 16.0. The molecular formula is C20H23FN2O3S. The molecule has 2 aromatic rings. The van der Waals surface area contributed by atoms with E-state index in [2.05, 4.69) is 5.32 Å². The van der Waals surface area contributed by atoms with E-state index in [0.717, 1.165) is 5.56 Å². The summed E-state index contributed by atoms with van der Waals surface area (Å²) in [7, 11) is -3.56. The van der Waals surface area contributed by atoms with E-state index >= 15 is 0 Å². The molecule has 5 nitrogen and oxygen atoms in total. The summed E-state index contributed by atoms with van der Waals surface area (Å²) < 4.78 is 39.8. The summed E-state index contributed by atoms with van der Waals surface area (Å²) in [6, 6.07) is 12.9. The molecule has 1 amide bonds. The lowest BCUT2D eigenvalue weighted by Gasteiger charge is -2.31. The summed E-state index contributed by atoms with van der Waals surface area (Å²) in [6.45, 7) is 2.54. The summed E-state index contributed by atoms with van der Waals surface area (Å²) in [5.41, 5.74) is 2.34. The van der Waals surface area contributed by atoms with Gasteiger partial charge in [-0.2, -0.15) is 0 Å². The number of hydrogen-bond donors (Lipinski definition) is 1. The maximum absolute atomic E-state index is 13.0. The molecule has 0 unspecified atom stereocenters. The van der Waals surface area contributed by atoms with Crippen LogP contribution in [0, 0.1) is 18.7 Å². The number of piperidine rings is 1. The van der Waals surface area contributed by atoms with Crippen LogP contribution >= 0.6 is 0 Å². The van der Waals surface area contributed by atoms with Gasteiger partial charge in [-0.25, -0.2) is 17.1 Å². The fraction of sp³-hybridized carbons (Fsp3) is 0.350. The number of nitrogens with zero attached hydrogens (tertiary/aromatic N) is 1. The topological polar surface area (TPSA) is 66.5 Å². The van der Waals surface area contributed by atoms with Crippen molar-refractivity contribution in [1.29, 1.82) is 0 Å².